The second kappa shape index (κ2) is 5.61. The molecule has 4 nitrogen and oxygen atoms in total. The van der Waals surface area contributed by atoms with Gasteiger partial charge in [-0.15, -0.1) is 0 Å². The lowest BCUT2D eigenvalue weighted by Crippen LogP contribution is -2.44. The molecule has 1 aromatic carbocycles. The number of nitrogens with one attached hydrogen (secondary N) is 1. The number of nitrogens with two attached hydrogens (primary N) is 1. The van der Waals surface area contributed by atoms with Crippen molar-refractivity contribution >= 4 is 5.91 Å². The normalized spacial score (nSPS) is 19.1. The molecule has 0 heterocycles. The molecule has 4 heteroatoms. The van der Waals surface area contributed by atoms with Gasteiger partial charge in [-0.25, -0.2) is 0 Å². The number of carbonyl (C=O) groups excluding carboxylic acids is 1. The molecular formula is C15H22N2O2. The summed E-state index contributed by atoms with van der Waals surface area (Å²) >= 11 is 0. The van der Waals surface area contributed by atoms with Crippen molar-refractivity contribution in [2.24, 2.45) is 11.1 Å². The van der Waals surface area contributed by atoms with Gasteiger partial charge in [-0.2, -0.15) is 0 Å². The lowest BCUT2D eigenvalue weighted by atomic mass is 9.85. The number of carbonyl (C=O) groups is 1. The highest BCUT2D eigenvalue weighted by Crippen LogP contribution is 2.37. The number of benzene rings is 1. The molecule has 1 unspecified atom stereocenters. The zero-order valence-electron chi connectivity index (χ0n) is 11.4. The van der Waals surface area contributed by atoms with Crippen LogP contribution in [0.2, 0.25) is 0 Å². The molecule has 104 valence electrons. The summed E-state index contributed by atoms with van der Waals surface area (Å²) in [5, 5.41) is 12.5. The SMILES string of the molecule is CC(NC(=O)C1(CN)CCCC1)c1cccc(O)c1. The Morgan fingerprint density at radius 2 is 2.16 bits per heavy atom. The Labute approximate surface area is 114 Å². The Kier molecular flexibility index (Phi) is 4.10. The fraction of sp³-hybridized carbons (Fsp3) is 0.533. The Balaban J connectivity index is 2.06. The van der Waals surface area contributed by atoms with Crippen LogP contribution in [0.4, 0.5) is 0 Å². The molecule has 0 spiro atoms. The van der Waals surface area contributed by atoms with Gasteiger partial charge >= 0.3 is 0 Å². The molecule has 1 aliphatic carbocycles. The minimum absolute atomic E-state index is 0.0448. The predicted molar refractivity (Wildman–Crippen MR) is 74.6 cm³/mol. The third-order valence-electron chi connectivity index (χ3n) is 4.15. The largest absolute Gasteiger partial charge is 0.508 e. The van der Waals surface area contributed by atoms with Gasteiger partial charge in [-0.05, 0) is 37.5 Å². The molecule has 19 heavy (non-hydrogen) atoms. The van der Waals surface area contributed by atoms with E-state index in [9.17, 15) is 9.90 Å². The smallest absolute Gasteiger partial charge is 0.227 e. The van der Waals surface area contributed by atoms with E-state index in [2.05, 4.69) is 5.32 Å². The highest BCUT2D eigenvalue weighted by Gasteiger charge is 2.40. The first-order valence-corrected chi connectivity index (χ1v) is 6.87. The van der Waals surface area contributed by atoms with Gasteiger partial charge in [0.2, 0.25) is 5.91 Å². The summed E-state index contributed by atoms with van der Waals surface area (Å²) < 4.78 is 0. The second-order valence-corrected chi connectivity index (χ2v) is 5.48. The zero-order chi connectivity index (χ0) is 13.9. The van der Waals surface area contributed by atoms with Gasteiger partial charge in [-0.1, -0.05) is 25.0 Å². The maximum Gasteiger partial charge on any atom is 0.227 e. The predicted octanol–water partition coefficient (Wildman–Crippen LogP) is 2.09. The lowest BCUT2D eigenvalue weighted by Gasteiger charge is -2.28. The van der Waals surface area contributed by atoms with Crippen LogP contribution in [0.25, 0.3) is 0 Å². The fourth-order valence-electron chi connectivity index (χ4n) is 2.80. The minimum Gasteiger partial charge on any atom is -0.508 e. The van der Waals surface area contributed by atoms with Crippen molar-refractivity contribution in [2.45, 2.75) is 38.6 Å². The third-order valence-corrected chi connectivity index (χ3v) is 4.15. The van der Waals surface area contributed by atoms with E-state index in [1.165, 1.54) is 0 Å². The molecule has 0 radical (unpaired) electrons. The minimum atomic E-state index is -0.384. The summed E-state index contributed by atoms with van der Waals surface area (Å²) in [5.41, 5.74) is 6.32. The molecule has 1 aromatic rings. The van der Waals surface area contributed by atoms with Gasteiger partial charge in [0, 0.05) is 6.54 Å². The Hall–Kier alpha value is -1.55. The number of aromatic hydroxyl groups is 1. The van der Waals surface area contributed by atoms with Gasteiger partial charge < -0.3 is 16.2 Å². The first-order valence-electron chi connectivity index (χ1n) is 6.87. The highest BCUT2D eigenvalue weighted by molar-refractivity contribution is 5.83. The number of hydrogen-bond donors (Lipinski definition) is 3. The lowest BCUT2D eigenvalue weighted by molar-refractivity contribution is -0.131. The Bertz CT molecular complexity index is 453. The van der Waals surface area contributed by atoms with Crippen molar-refractivity contribution < 1.29 is 9.90 Å². The number of amides is 1. The van der Waals surface area contributed by atoms with Crippen LogP contribution < -0.4 is 11.1 Å². The zero-order valence-corrected chi connectivity index (χ0v) is 11.4. The number of rotatable bonds is 4. The van der Waals surface area contributed by atoms with E-state index in [0.29, 0.717) is 6.54 Å². The molecule has 0 aliphatic heterocycles. The van der Waals surface area contributed by atoms with Gasteiger partial charge in [0.1, 0.15) is 5.75 Å². The summed E-state index contributed by atoms with van der Waals surface area (Å²) in [7, 11) is 0. The van der Waals surface area contributed by atoms with Crippen molar-refractivity contribution in [2.75, 3.05) is 6.54 Å². The molecule has 0 saturated heterocycles. The maximum atomic E-state index is 12.4. The molecule has 1 atom stereocenters. The molecule has 0 aromatic heterocycles. The van der Waals surface area contributed by atoms with Crippen LogP contribution in [0.15, 0.2) is 24.3 Å². The van der Waals surface area contributed by atoms with Gasteiger partial charge in [-0.3, -0.25) is 4.79 Å². The molecule has 1 saturated carbocycles. The molecule has 2 rings (SSSR count). The first kappa shape index (κ1) is 13.9. The van der Waals surface area contributed by atoms with Crippen LogP contribution >= 0.6 is 0 Å². The average molecular weight is 262 g/mol. The van der Waals surface area contributed by atoms with Crippen LogP contribution in [-0.2, 0) is 4.79 Å². The van der Waals surface area contributed by atoms with Gasteiger partial charge in [0.25, 0.3) is 0 Å². The van der Waals surface area contributed by atoms with Gasteiger partial charge in [0.15, 0.2) is 0 Å². The van der Waals surface area contributed by atoms with Crippen molar-refractivity contribution in [3.8, 4) is 5.75 Å². The van der Waals surface area contributed by atoms with E-state index in [-0.39, 0.29) is 23.1 Å². The van der Waals surface area contributed by atoms with Crippen LogP contribution in [0, 0.1) is 5.41 Å². The Morgan fingerprint density at radius 3 is 2.74 bits per heavy atom. The first-order chi connectivity index (χ1) is 9.07. The fourth-order valence-corrected chi connectivity index (χ4v) is 2.80. The summed E-state index contributed by atoms with van der Waals surface area (Å²) in [6.45, 7) is 2.33. The van der Waals surface area contributed by atoms with E-state index in [4.69, 9.17) is 5.73 Å². The van der Waals surface area contributed by atoms with Crippen LogP contribution in [-0.4, -0.2) is 17.6 Å². The van der Waals surface area contributed by atoms with Gasteiger partial charge in [0.05, 0.1) is 11.5 Å². The maximum absolute atomic E-state index is 12.4. The quantitative estimate of drug-likeness (QED) is 0.777. The molecule has 4 N–H and O–H groups in total. The van der Waals surface area contributed by atoms with Crippen LogP contribution in [0.3, 0.4) is 0 Å². The highest BCUT2D eigenvalue weighted by atomic mass is 16.3. The van der Waals surface area contributed by atoms with Crippen molar-refractivity contribution in [1.29, 1.82) is 0 Å². The number of hydrogen-bond acceptors (Lipinski definition) is 3. The Morgan fingerprint density at radius 1 is 1.47 bits per heavy atom. The van der Waals surface area contributed by atoms with Crippen LogP contribution in [0.1, 0.15) is 44.2 Å². The molecule has 0 bridgehead atoms. The summed E-state index contributed by atoms with van der Waals surface area (Å²) in [4.78, 5) is 12.4. The van der Waals surface area contributed by atoms with E-state index < -0.39 is 0 Å². The van der Waals surface area contributed by atoms with E-state index in [1.54, 1.807) is 18.2 Å². The topological polar surface area (TPSA) is 75.4 Å². The number of phenolic OH excluding ortho intramolecular Hbond substituents is 1. The monoisotopic (exact) mass is 262 g/mol. The number of phenols is 1. The summed E-state index contributed by atoms with van der Waals surface area (Å²) in [5.74, 6) is 0.261. The average Bonchev–Trinajstić information content (AvgIpc) is 2.88. The van der Waals surface area contributed by atoms with Crippen molar-refractivity contribution in [3.63, 3.8) is 0 Å². The summed E-state index contributed by atoms with van der Waals surface area (Å²) in [6.07, 6.45) is 3.90. The standard InChI is InChI=1S/C15H22N2O2/c1-11(12-5-4-6-13(18)9-12)17-14(19)15(10-16)7-2-3-8-15/h4-6,9,11,18H,2-3,7-8,10,16H2,1H3,(H,17,19). The molecule has 1 amide bonds. The van der Waals surface area contributed by atoms with E-state index in [0.717, 1.165) is 31.2 Å². The van der Waals surface area contributed by atoms with E-state index >= 15 is 0 Å². The van der Waals surface area contributed by atoms with Crippen molar-refractivity contribution in [3.05, 3.63) is 29.8 Å². The van der Waals surface area contributed by atoms with E-state index in [1.807, 2.05) is 13.0 Å². The molecule has 1 fully saturated rings. The molecule has 1 aliphatic rings. The molecular weight excluding hydrogens is 240 g/mol. The van der Waals surface area contributed by atoms with Crippen molar-refractivity contribution in [1.82, 2.24) is 5.32 Å². The third kappa shape index (κ3) is 2.89. The van der Waals surface area contributed by atoms with Crippen LogP contribution in [0.5, 0.6) is 5.75 Å². The second-order valence-electron chi connectivity index (χ2n) is 5.48. The summed E-state index contributed by atoms with van der Waals surface area (Å²) in [6, 6.07) is 6.85.